The van der Waals surface area contributed by atoms with Crippen molar-refractivity contribution in [3.05, 3.63) is 78.2 Å². The quantitative estimate of drug-likeness (QED) is 0.578. The van der Waals surface area contributed by atoms with Gasteiger partial charge in [0.05, 0.1) is 19.2 Å². The predicted molar refractivity (Wildman–Crippen MR) is 106 cm³/mol. The van der Waals surface area contributed by atoms with Crippen LogP contribution in [0.3, 0.4) is 0 Å². The highest BCUT2D eigenvalue weighted by atomic mass is 19.1. The molecule has 0 saturated carbocycles. The number of carbonyl (C=O) groups is 1. The Labute approximate surface area is 162 Å². The Morgan fingerprint density at radius 1 is 1.00 bits per heavy atom. The van der Waals surface area contributed by atoms with Crippen molar-refractivity contribution in [3.63, 3.8) is 0 Å². The summed E-state index contributed by atoms with van der Waals surface area (Å²) in [6, 6.07) is 16.3. The zero-order valence-electron chi connectivity index (χ0n) is 15.3. The monoisotopic (exact) mass is 381 g/mol. The van der Waals surface area contributed by atoms with Gasteiger partial charge in [-0.25, -0.2) is 9.37 Å². The minimum Gasteiger partial charge on any atom is -0.497 e. The minimum absolute atomic E-state index is 0.312. The Balaban J connectivity index is 1.44. The van der Waals surface area contributed by atoms with Crippen LogP contribution in [0.2, 0.25) is 0 Å². The van der Waals surface area contributed by atoms with Crippen LogP contribution >= 0.6 is 0 Å². The lowest BCUT2D eigenvalue weighted by molar-refractivity contribution is 0.102. The number of carbonyl (C=O) groups excluding carboxylic acids is 1. The lowest BCUT2D eigenvalue weighted by atomic mass is 10.2. The normalized spacial score (nSPS) is 10.2. The first-order valence-electron chi connectivity index (χ1n) is 8.68. The largest absolute Gasteiger partial charge is 0.497 e. The van der Waals surface area contributed by atoms with E-state index in [4.69, 9.17) is 9.47 Å². The summed E-state index contributed by atoms with van der Waals surface area (Å²) in [4.78, 5) is 16.4. The molecule has 0 aliphatic rings. The van der Waals surface area contributed by atoms with Crippen molar-refractivity contribution in [1.29, 1.82) is 0 Å². The Morgan fingerprint density at radius 3 is 2.36 bits per heavy atom. The molecule has 1 heterocycles. The van der Waals surface area contributed by atoms with Crippen LogP contribution in [0.4, 0.5) is 15.9 Å². The van der Waals surface area contributed by atoms with Crippen molar-refractivity contribution < 1.29 is 18.7 Å². The van der Waals surface area contributed by atoms with E-state index in [1.54, 1.807) is 19.2 Å². The zero-order valence-corrected chi connectivity index (χ0v) is 15.3. The molecule has 28 heavy (non-hydrogen) atoms. The Bertz CT molecular complexity index is 898. The third kappa shape index (κ3) is 5.44. The summed E-state index contributed by atoms with van der Waals surface area (Å²) in [5, 5.41) is 5.81. The number of methoxy groups -OCH3 is 1. The topological polar surface area (TPSA) is 72.5 Å². The number of hydrogen-bond donors (Lipinski definition) is 2. The van der Waals surface area contributed by atoms with Crippen LogP contribution < -0.4 is 20.1 Å². The molecule has 3 aromatic rings. The van der Waals surface area contributed by atoms with E-state index in [1.165, 1.54) is 30.5 Å². The van der Waals surface area contributed by atoms with Gasteiger partial charge in [-0.1, -0.05) is 0 Å². The number of hydrogen-bond acceptors (Lipinski definition) is 5. The van der Waals surface area contributed by atoms with E-state index in [2.05, 4.69) is 15.6 Å². The molecule has 0 bridgehead atoms. The van der Waals surface area contributed by atoms with E-state index >= 15 is 0 Å². The zero-order chi connectivity index (χ0) is 19.8. The molecule has 144 valence electrons. The molecule has 0 unspecified atom stereocenters. The molecular formula is C21H20FN3O3. The average molecular weight is 381 g/mol. The fraction of sp³-hybridized carbons (Fsp3) is 0.143. The summed E-state index contributed by atoms with van der Waals surface area (Å²) in [6.45, 7) is 1.01. The Morgan fingerprint density at radius 2 is 1.71 bits per heavy atom. The third-order valence-electron chi connectivity index (χ3n) is 3.86. The van der Waals surface area contributed by atoms with Gasteiger partial charge in [-0.15, -0.1) is 0 Å². The number of amides is 1. The van der Waals surface area contributed by atoms with Crippen LogP contribution in [0.1, 0.15) is 10.4 Å². The number of anilines is 2. The molecule has 0 aliphatic heterocycles. The number of nitrogens with zero attached hydrogens (tertiary/aromatic N) is 1. The van der Waals surface area contributed by atoms with Crippen LogP contribution in [-0.4, -0.2) is 31.2 Å². The van der Waals surface area contributed by atoms with Gasteiger partial charge in [0, 0.05) is 11.9 Å². The highest BCUT2D eigenvalue weighted by molar-refractivity contribution is 6.04. The summed E-state index contributed by atoms with van der Waals surface area (Å²) in [5.74, 6) is 1.50. The van der Waals surface area contributed by atoms with E-state index in [-0.39, 0.29) is 11.7 Å². The standard InChI is InChI=1S/C21H20FN3O3/c1-27-18-7-9-19(10-8-18)28-13-12-23-20-11-2-15(14-24-20)21(26)25-17-5-3-16(22)4-6-17/h2-11,14H,12-13H2,1H3,(H,23,24)(H,25,26). The molecule has 0 radical (unpaired) electrons. The minimum atomic E-state index is -0.355. The van der Waals surface area contributed by atoms with Gasteiger partial charge in [0.25, 0.3) is 5.91 Å². The van der Waals surface area contributed by atoms with Gasteiger partial charge in [-0.2, -0.15) is 0 Å². The van der Waals surface area contributed by atoms with E-state index in [1.807, 2.05) is 24.3 Å². The third-order valence-corrected chi connectivity index (χ3v) is 3.86. The smallest absolute Gasteiger partial charge is 0.257 e. The number of aromatic nitrogens is 1. The number of ether oxygens (including phenoxy) is 2. The maximum absolute atomic E-state index is 12.9. The van der Waals surface area contributed by atoms with Crippen molar-refractivity contribution in [1.82, 2.24) is 4.98 Å². The summed E-state index contributed by atoms with van der Waals surface area (Å²) in [5.41, 5.74) is 0.925. The molecule has 1 aromatic heterocycles. The lowest BCUT2D eigenvalue weighted by Crippen LogP contribution is -2.14. The van der Waals surface area contributed by atoms with E-state index < -0.39 is 0 Å². The van der Waals surface area contributed by atoms with Crippen molar-refractivity contribution in [2.24, 2.45) is 0 Å². The van der Waals surface area contributed by atoms with Crippen molar-refractivity contribution in [3.8, 4) is 11.5 Å². The number of nitrogens with one attached hydrogen (secondary N) is 2. The van der Waals surface area contributed by atoms with Crippen molar-refractivity contribution >= 4 is 17.4 Å². The van der Waals surface area contributed by atoms with Crippen molar-refractivity contribution in [2.45, 2.75) is 0 Å². The fourth-order valence-corrected chi connectivity index (χ4v) is 2.39. The molecule has 6 nitrogen and oxygen atoms in total. The van der Waals surface area contributed by atoms with Gasteiger partial charge in [0.15, 0.2) is 0 Å². The highest BCUT2D eigenvalue weighted by Gasteiger charge is 2.07. The van der Waals surface area contributed by atoms with Gasteiger partial charge in [-0.3, -0.25) is 4.79 Å². The number of halogens is 1. The number of rotatable bonds is 8. The maximum Gasteiger partial charge on any atom is 0.257 e. The second-order valence-corrected chi connectivity index (χ2v) is 5.84. The molecule has 0 spiro atoms. The molecule has 0 saturated heterocycles. The Hall–Kier alpha value is -3.61. The molecule has 0 aliphatic carbocycles. The summed E-state index contributed by atoms with van der Waals surface area (Å²) in [7, 11) is 1.62. The molecule has 2 N–H and O–H groups in total. The molecule has 7 heteroatoms. The summed E-state index contributed by atoms with van der Waals surface area (Å²) >= 11 is 0. The molecule has 2 aromatic carbocycles. The van der Waals surface area contributed by atoms with Gasteiger partial charge in [0.2, 0.25) is 0 Å². The lowest BCUT2D eigenvalue weighted by Gasteiger charge is -2.09. The molecule has 0 fully saturated rings. The van der Waals surface area contributed by atoms with Crippen LogP contribution in [0, 0.1) is 5.82 Å². The summed E-state index contributed by atoms with van der Waals surface area (Å²) in [6.07, 6.45) is 1.48. The average Bonchev–Trinajstić information content (AvgIpc) is 2.73. The second kappa shape index (κ2) is 9.36. The SMILES string of the molecule is COc1ccc(OCCNc2ccc(C(=O)Nc3ccc(F)cc3)cn2)cc1. The second-order valence-electron chi connectivity index (χ2n) is 5.84. The molecular weight excluding hydrogens is 361 g/mol. The molecule has 3 rings (SSSR count). The predicted octanol–water partition coefficient (Wildman–Crippen LogP) is 3.97. The van der Waals surface area contributed by atoms with Crippen molar-refractivity contribution in [2.75, 3.05) is 30.9 Å². The first kappa shape index (κ1) is 19.2. The summed E-state index contributed by atoms with van der Waals surface area (Å²) < 4.78 is 23.6. The maximum atomic E-state index is 12.9. The Kier molecular flexibility index (Phi) is 6.41. The van der Waals surface area contributed by atoms with Gasteiger partial charge >= 0.3 is 0 Å². The van der Waals surface area contributed by atoms with E-state index in [0.29, 0.717) is 30.2 Å². The molecule has 1 amide bonds. The van der Waals surface area contributed by atoms with Gasteiger partial charge < -0.3 is 20.1 Å². The number of pyridine rings is 1. The first-order valence-corrected chi connectivity index (χ1v) is 8.68. The van der Waals surface area contributed by atoms with E-state index in [0.717, 1.165) is 11.5 Å². The fourth-order valence-electron chi connectivity index (χ4n) is 2.39. The van der Waals surface area contributed by atoms with Crippen LogP contribution in [0.15, 0.2) is 66.9 Å². The number of benzene rings is 2. The highest BCUT2D eigenvalue weighted by Crippen LogP contribution is 2.17. The van der Waals surface area contributed by atoms with Crippen LogP contribution in [-0.2, 0) is 0 Å². The van der Waals surface area contributed by atoms with Gasteiger partial charge in [-0.05, 0) is 60.7 Å². The molecule has 0 atom stereocenters. The van der Waals surface area contributed by atoms with Gasteiger partial charge in [0.1, 0.15) is 29.7 Å². The van der Waals surface area contributed by atoms with Crippen LogP contribution in [0.5, 0.6) is 11.5 Å². The van der Waals surface area contributed by atoms with E-state index in [9.17, 15) is 9.18 Å². The first-order chi connectivity index (χ1) is 13.6. The van der Waals surface area contributed by atoms with Crippen LogP contribution in [0.25, 0.3) is 0 Å².